The first kappa shape index (κ1) is 15.2. The molecular formula is C17H25N5. The van der Waals surface area contributed by atoms with Crippen molar-refractivity contribution in [1.82, 2.24) is 24.6 Å². The standard InChI is InChI=1S/C17H25N5/c1-12(2)21-9-5-6-16(21)14-10-19-15(11-18-14)17-7-8-20-22(17)13(3)4/h7-8,10-13,16H,5-6,9H2,1-4H3/t16-/m1/s1. The van der Waals surface area contributed by atoms with E-state index in [1.165, 1.54) is 12.8 Å². The van der Waals surface area contributed by atoms with Gasteiger partial charge in [0.25, 0.3) is 0 Å². The van der Waals surface area contributed by atoms with Crippen LogP contribution in [0.25, 0.3) is 11.4 Å². The molecule has 3 heterocycles. The van der Waals surface area contributed by atoms with Crippen LogP contribution in [0, 0.1) is 0 Å². The van der Waals surface area contributed by atoms with Gasteiger partial charge in [0.05, 0.1) is 29.8 Å². The van der Waals surface area contributed by atoms with Crippen molar-refractivity contribution in [1.29, 1.82) is 0 Å². The Morgan fingerprint density at radius 3 is 2.55 bits per heavy atom. The van der Waals surface area contributed by atoms with Gasteiger partial charge in [-0.2, -0.15) is 5.10 Å². The van der Waals surface area contributed by atoms with Gasteiger partial charge in [-0.15, -0.1) is 0 Å². The van der Waals surface area contributed by atoms with Crippen molar-refractivity contribution < 1.29 is 0 Å². The number of hydrogen-bond acceptors (Lipinski definition) is 4. The van der Waals surface area contributed by atoms with E-state index in [0.717, 1.165) is 23.6 Å². The minimum atomic E-state index is 0.317. The fourth-order valence-corrected chi connectivity index (χ4v) is 3.30. The Balaban J connectivity index is 1.85. The molecule has 1 saturated heterocycles. The molecule has 0 bridgehead atoms. The van der Waals surface area contributed by atoms with E-state index in [-0.39, 0.29) is 0 Å². The molecule has 0 aromatic carbocycles. The maximum absolute atomic E-state index is 4.70. The number of nitrogens with zero attached hydrogens (tertiary/aromatic N) is 5. The molecule has 0 aliphatic carbocycles. The lowest BCUT2D eigenvalue weighted by Crippen LogP contribution is -2.30. The molecule has 0 spiro atoms. The summed E-state index contributed by atoms with van der Waals surface area (Å²) in [6.07, 6.45) is 8.07. The highest BCUT2D eigenvalue weighted by Crippen LogP contribution is 2.32. The Morgan fingerprint density at radius 2 is 1.91 bits per heavy atom. The van der Waals surface area contributed by atoms with E-state index in [9.17, 15) is 0 Å². The van der Waals surface area contributed by atoms with E-state index >= 15 is 0 Å². The van der Waals surface area contributed by atoms with Gasteiger partial charge in [0, 0.05) is 18.3 Å². The number of aromatic nitrogens is 4. The molecule has 0 saturated carbocycles. The highest BCUT2D eigenvalue weighted by molar-refractivity contribution is 5.52. The third kappa shape index (κ3) is 2.77. The monoisotopic (exact) mass is 299 g/mol. The Kier molecular flexibility index (Phi) is 4.25. The highest BCUT2D eigenvalue weighted by atomic mass is 15.3. The molecule has 1 aliphatic rings. The average molecular weight is 299 g/mol. The van der Waals surface area contributed by atoms with Gasteiger partial charge in [-0.3, -0.25) is 19.5 Å². The van der Waals surface area contributed by atoms with Gasteiger partial charge in [-0.05, 0) is 53.1 Å². The van der Waals surface area contributed by atoms with Gasteiger partial charge in [0.15, 0.2) is 0 Å². The quantitative estimate of drug-likeness (QED) is 0.867. The fourth-order valence-electron chi connectivity index (χ4n) is 3.30. The zero-order valence-electron chi connectivity index (χ0n) is 13.9. The van der Waals surface area contributed by atoms with E-state index in [4.69, 9.17) is 4.98 Å². The van der Waals surface area contributed by atoms with Crippen molar-refractivity contribution in [3.05, 3.63) is 30.4 Å². The second-order valence-corrected chi connectivity index (χ2v) is 6.57. The first-order chi connectivity index (χ1) is 10.6. The Hall–Kier alpha value is -1.75. The molecule has 1 atom stereocenters. The molecule has 1 fully saturated rings. The van der Waals surface area contributed by atoms with Crippen LogP contribution in [0.5, 0.6) is 0 Å². The second kappa shape index (κ2) is 6.16. The van der Waals surface area contributed by atoms with E-state index in [2.05, 4.69) is 42.7 Å². The van der Waals surface area contributed by atoms with Crippen LogP contribution in [0.1, 0.15) is 58.3 Å². The van der Waals surface area contributed by atoms with Gasteiger partial charge in [-0.25, -0.2) is 0 Å². The van der Waals surface area contributed by atoms with E-state index in [1.54, 1.807) is 0 Å². The summed E-state index contributed by atoms with van der Waals surface area (Å²) in [5.74, 6) is 0. The Morgan fingerprint density at radius 1 is 1.09 bits per heavy atom. The molecule has 0 radical (unpaired) electrons. The van der Waals surface area contributed by atoms with Gasteiger partial charge in [0.2, 0.25) is 0 Å². The van der Waals surface area contributed by atoms with E-state index in [0.29, 0.717) is 18.1 Å². The summed E-state index contributed by atoms with van der Waals surface area (Å²) in [5, 5.41) is 4.37. The van der Waals surface area contributed by atoms with Crippen LogP contribution in [0.3, 0.4) is 0 Å². The molecule has 0 unspecified atom stereocenters. The van der Waals surface area contributed by atoms with Crippen LogP contribution < -0.4 is 0 Å². The number of rotatable bonds is 4. The summed E-state index contributed by atoms with van der Waals surface area (Å²) in [6, 6.07) is 3.28. The van der Waals surface area contributed by atoms with Crippen LogP contribution in [0.4, 0.5) is 0 Å². The Bertz CT molecular complexity index is 614. The normalized spacial score (nSPS) is 19.5. The lowest BCUT2D eigenvalue weighted by Gasteiger charge is -2.27. The third-order valence-corrected chi connectivity index (χ3v) is 4.39. The van der Waals surface area contributed by atoms with Gasteiger partial charge in [-0.1, -0.05) is 0 Å². The first-order valence-electron chi connectivity index (χ1n) is 8.19. The Labute approximate surface area is 132 Å². The van der Waals surface area contributed by atoms with Crippen molar-refractivity contribution in [2.75, 3.05) is 6.54 Å². The first-order valence-corrected chi connectivity index (χ1v) is 8.19. The summed E-state index contributed by atoms with van der Waals surface area (Å²) in [4.78, 5) is 11.9. The molecule has 0 amide bonds. The third-order valence-electron chi connectivity index (χ3n) is 4.39. The summed E-state index contributed by atoms with van der Waals surface area (Å²) >= 11 is 0. The van der Waals surface area contributed by atoms with E-state index < -0.39 is 0 Å². The van der Waals surface area contributed by atoms with Crippen LogP contribution in [0.2, 0.25) is 0 Å². The smallest absolute Gasteiger partial charge is 0.107 e. The minimum Gasteiger partial charge on any atom is -0.292 e. The molecule has 118 valence electrons. The molecule has 5 nitrogen and oxygen atoms in total. The maximum Gasteiger partial charge on any atom is 0.107 e. The highest BCUT2D eigenvalue weighted by Gasteiger charge is 2.29. The maximum atomic E-state index is 4.70. The number of hydrogen-bond donors (Lipinski definition) is 0. The van der Waals surface area contributed by atoms with Crippen molar-refractivity contribution in [2.24, 2.45) is 0 Å². The zero-order valence-corrected chi connectivity index (χ0v) is 13.9. The lowest BCUT2D eigenvalue weighted by molar-refractivity contribution is 0.202. The van der Waals surface area contributed by atoms with E-state index in [1.807, 2.05) is 29.3 Å². The summed E-state index contributed by atoms with van der Waals surface area (Å²) in [7, 11) is 0. The van der Waals surface area contributed by atoms with Crippen LogP contribution in [-0.4, -0.2) is 37.2 Å². The van der Waals surface area contributed by atoms with Gasteiger partial charge in [0.1, 0.15) is 5.69 Å². The molecule has 0 N–H and O–H groups in total. The van der Waals surface area contributed by atoms with Crippen LogP contribution >= 0.6 is 0 Å². The molecule has 1 aliphatic heterocycles. The summed E-state index contributed by atoms with van der Waals surface area (Å²) in [6.45, 7) is 9.91. The SMILES string of the molecule is CC(C)N1CCC[C@@H]1c1cnc(-c2ccnn2C(C)C)cn1. The van der Waals surface area contributed by atoms with Crippen molar-refractivity contribution in [3.63, 3.8) is 0 Å². The van der Waals surface area contributed by atoms with Crippen molar-refractivity contribution >= 4 is 0 Å². The second-order valence-electron chi connectivity index (χ2n) is 6.57. The van der Waals surface area contributed by atoms with Crippen LogP contribution in [0.15, 0.2) is 24.7 Å². The molecule has 2 aromatic heterocycles. The topological polar surface area (TPSA) is 46.8 Å². The molecular weight excluding hydrogens is 274 g/mol. The lowest BCUT2D eigenvalue weighted by atomic mass is 10.1. The molecule has 5 heteroatoms. The largest absolute Gasteiger partial charge is 0.292 e. The summed E-state index contributed by atoms with van der Waals surface area (Å²) in [5.41, 5.74) is 3.01. The number of likely N-dealkylation sites (tertiary alicyclic amines) is 1. The van der Waals surface area contributed by atoms with Crippen LogP contribution in [-0.2, 0) is 0 Å². The zero-order chi connectivity index (χ0) is 15.7. The van der Waals surface area contributed by atoms with Crippen molar-refractivity contribution in [3.8, 4) is 11.4 Å². The van der Waals surface area contributed by atoms with Gasteiger partial charge >= 0.3 is 0 Å². The predicted octanol–water partition coefficient (Wildman–Crippen LogP) is 3.47. The van der Waals surface area contributed by atoms with Crippen molar-refractivity contribution in [2.45, 2.75) is 58.7 Å². The van der Waals surface area contributed by atoms with Gasteiger partial charge < -0.3 is 0 Å². The molecule has 2 aromatic rings. The average Bonchev–Trinajstić information content (AvgIpc) is 3.16. The molecule has 3 rings (SSSR count). The fraction of sp³-hybridized carbons (Fsp3) is 0.588. The predicted molar refractivity (Wildman–Crippen MR) is 87.5 cm³/mol. The minimum absolute atomic E-state index is 0.317. The molecule has 22 heavy (non-hydrogen) atoms. The summed E-state index contributed by atoms with van der Waals surface area (Å²) < 4.78 is 1.99.